The van der Waals surface area contributed by atoms with Crippen molar-refractivity contribution in [3.05, 3.63) is 70.4 Å². The number of aryl methyl sites for hydroxylation is 1. The van der Waals surface area contributed by atoms with Crippen molar-refractivity contribution in [2.45, 2.75) is 49.8 Å². The molecule has 12 heteroatoms. The number of halogens is 3. The molecule has 1 aromatic heterocycles. The van der Waals surface area contributed by atoms with Crippen molar-refractivity contribution in [1.29, 1.82) is 5.26 Å². The molecule has 5 atom stereocenters. The fourth-order valence-electron chi connectivity index (χ4n) is 6.50. The van der Waals surface area contributed by atoms with E-state index in [1.165, 1.54) is 6.07 Å². The fraction of sp³-hybridized carbons (Fsp3) is 0.370. The minimum Gasteiger partial charge on any atom is -0.390 e. The zero-order chi connectivity index (χ0) is 27.9. The summed E-state index contributed by atoms with van der Waals surface area (Å²) >= 11 is 0. The molecule has 39 heavy (non-hydrogen) atoms. The average molecular weight is 538 g/mol. The van der Waals surface area contributed by atoms with E-state index in [-0.39, 0.29) is 19.4 Å². The van der Waals surface area contributed by atoms with Gasteiger partial charge in [0.15, 0.2) is 5.69 Å². The second kappa shape index (κ2) is 8.21. The molecule has 200 valence electrons. The van der Waals surface area contributed by atoms with Gasteiger partial charge in [-0.3, -0.25) is 19.0 Å². The van der Waals surface area contributed by atoms with Crippen molar-refractivity contribution in [2.75, 3.05) is 4.90 Å². The summed E-state index contributed by atoms with van der Waals surface area (Å²) < 4.78 is 46.0. The van der Waals surface area contributed by atoms with Gasteiger partial charge in [0, 0.05) is 29.8 Å². The smallest absolute Gasteiger partial charge is 0.390 e. The number of aromatic nitrogens is 2. The van der Waals surface area contributed by atoms with E-state index in [0.29, 0.717) is 28.1 Å². The molecule has 3 aliphatic rings. The lowest BCUT2D eigenvalue weighted by Crippen LogP contribution is -2.49. The highest BCUT2D eigenvalue weighted by Gasteiger charge is 2.77. The summed E-state index contributed by atoms with van der Waals surface area (Å²) in [6, 6.07) is 12.5. The Morgan fingerprint density at radius 1 is 1.13 bits per heavy atom. The molecule has 6 rings (SSSR count). The Kier molecular flexibility index (Phi) is 5.31. The number of ether oxygens (including phenoxy) is 1. The number of hydrogen-bond acceptors (Lipinski definition) is 7. The van der Waals surface area contributed by atoms with Crippen LogP contribution < -0.4 is 10.5 Å². The number of imide groups is 1. The highest BCUT2D eigenvalue weighted by molar-refractivity contribution is 6.26. The normalized spacial score (nSPS) is 29.7. The molecule has 3 fully saturated rings. The Balaban J connectivity index is 1.38. The van der Waals surface area contributed by atoms with Gasteiger partial charge in [-0.15, -0.1) is 0 Å². The van der Waals surface area contributed by atoms with Crippen LogP contribution in [0.5, 0.6) is 0 Å². The number of hydrogen-bond donors (Lipinski definition) is 1. The number of nitriles is 1. The van der Waals surface area contributed by atoms with Gasteiger partial charge in [-0.2, -0.15) is 18.4 Å². The van der Waals surface area contributed by atoms with Crippen LogP contribution in [-0.2, 0) is 27.0 Å². The van der Waals surface area contributed by atoms with Crippen LogP contribution in [0.2, 0.25) is 0 Å². The summed E-state index contributed by atoms with van der Waals surface area (Å²) in [5.74, 6) is -3.07. The quantitative estimate of drug-likeness (QED) is 0.507. The van der Waals surface area contributed by atoms with Crippen LogP contribution >= 0.6 is 0 Å². The molecule has 3 aromatic rings. The maximum Gasteiger partial charge on any atom is 0.433 e. The minimum atomic E-state index is -4.77. The summed E-state index contributed by atoms with van der Waals surface area (Å²) in [4.78, 5) is 44.5. The van der Waals surface area contributed by atoms with Gasteiger partial charge in [-0.1, -0.05) is 24.3 Å². The average Bonchev–Trinajstić information content (AvgIpc) is 3.43. The van der Waals surface area contributed by atoms with E-state index in [2.05, 4.69) is 11.1 Å². The summed E-state index contributed by atoms with van der Waals surface area (Å²) in [5.41, 5.74) is -4.26. The molecule has 5 unspecified atom stereocenters. The number of carbonyl (C=O) groups is 2. The predicted octanol–water partition coefficient (Wildman–Crippen LogP) is 2.78. The van der Waals surface area contributed by atoms with Gasteiger partial charge in [-0.25, -0.2) is 9.88 Å². The third-order valence-corrected chi connectivity index (χ3v) is 8.32. The molecule has 0 spiro atoms. The van der Waals surface area contributed by atoms with Crippen LogP contribution in [0, 0.1) is 23.2 Å². The van der Waals surface area contributed by atoms with E-state index in [1.807, 2.05) is 0 Å². The zero-order valence-electron chi connectivity index (χ0n) is 20.5. The van der Waals surface area contributed by atoms with Crippen LogP contribution in [0.4, 0.5) is 18.9 Å². The van der Waals surface area contributed by atoms with E-state index >= 15 is 0 Å². The van der Waals surface area contributed by atoms with Crippen LogP contribution in [0.1, 0.15) is 31.0 Å². The molecular weight excluding hydrogens is 517 g/mol. The number of rotatable bonds is 4. The third-order valence-electron chi connectivity index (χ3n) is 8.32. The predicted molar refractivity (Wildman–Crippen MR) is 129 cm³/mol. The molecule has 2 amide bonds. The van der Waals surface area contributed by atoms with Crippen molar-refractivity contribution in [1.82, 2.24) is 9.55 Å². The summed E-state index contributed by atoms with van der Waals surface area (Å²) in [5, 5.41) is 21.5. The minimum absolute atomic E-state index is 0.00839. The maximum absolute atomic E-state index is 13.9. The molecule has 0 saturated carbocycles. The van der Waals surface area contributed by atoms with Gasteiger partial charge in [0.05, 0.1) is 47.2 Å². The number of aliphatic hydroxyl groups excluding tert-OH is 1. The fourth-order valence-corrected chi connectivity index (χ4v) is 6.50. The Morgan fingerprint density at radius 3 is 2.49 bits per heavy atom. The van der Waals surface area contributed by atoms with E-state index in [0.717, 1.165) is 15.8 Å². The lowest BCUT2D eigenvalue weighted by molar-refractivity contribution is -0.141. The Labute approximate surface area is 219 Å². The lowest BCUT2D eigenvalue weighted by Gasteiger charge is -2.33. The lowest BCUT2D eigenvalue weighted by atomic mass is 9.66. The molecule has 3 saturated heterocycles. The Bertz CT molecular complexity index is 1660. The van der Waals surface area contributed by atoms with Gasteiger partial charge in [0.2, 0.25) is 11.8 Å². The van der Waals surface area contributed by atoms with E-state index < -0.39 is 58.4 Å². The van der Waals surface area contributed by atoms with Gasteiger partial charge >= 0.3 is 6.18 Å². The first-order chi connectivity index (χ1) is 18.4. The van der Waals surface area contributed by atoms with Crippen molar-refractivity contribution in [2.24, 2.45) is 11.8 Å². The number of fused-ring (bicyclic) bond motifs is 6. The van der Waals surface area contributed by atoms with Crippen molar-refractivity contribution < 1.29 is 32.6 Å². The monoisotopic (exact) mass is 538 g/mol. The first-order valence-electron chi connectivity index (χ1n) is 12.2. The van der Waals surface area contributed by atoms with Gasteiger partial charge < -0.3 is 9.84 Å². The second-order valence-corrected chi connectivity index (χ2v) is 10.4. The first kappa shape index (κ1) is 25.2. The Hall–Kier alpha value is -4.08. The first-order valence-corrected chi connectivity index (χ1v) is 12.2. The van der Waals surface area contributed by atoms with Gasteiger partial charge in [0.25, 0.3) is 5.56 Å². The highest BCUT2D eigenvalue weighted by Crippen LogP contribution is 2.62. The molecule has 0 aliphatic carbocycles. The standard InChI is InChI=1S/C27H21F3N4O5/c1-25-19(35)11-26(39-25,8-9-33-13-32-18(10-20(33)36)27(28,29)30)22-21(25)23(37)34(24(22)38)17-7-6-14(12-31)15-4-2-3-5-16(15)17/h2-7,10,13,19,21-22,35H,8-9,11H2,1H3. The summed E-state index contributed by atoms with van der Waals surface area (Å²) in [6.45, 7) is 1.43. The molecular formula is C27H21F3N4O5. The van der Waals surface area contributed by atoms with E-state index in [9.17, 15) is 37.9 Å². The van der Waals surface area contributed by atoms with Gasteiger partial charge in [0.1, 0.15) is 5.60 Å². The van der Waals surface area contributed by atoms with Crippen molar-refractivity contribution >= 4 is 28.3 Å². The van der Waals surface area contributed by atoms with Gasteiger partial charge in [-0.05, 0) is 25.5 Å². The number of alkyl halides is 3. The summed E-state index contributed by atoms with van der Waals surface area (Å²) in [7, 11) is 0. The topological polar surface area (TPSA) is 126 Å². The second-order valence-electron chi connectivity index (χ2n) is 10.4. The number of aliphatic hydroxyl groups is 1. The number of carbonyl (C=O) groups excluding carboxylic acids is 2. The number of nitrogens with zero attached hydrogens (tertiary/aromatic N) is 4. The van der Waals surface area contributed by atoms with E-state index in [1.54, 1.807) is 37.3 Å². The summed E-state index contributed by atoms with van der Waals surface area (Å²) in [6.07, 6.45) is -5.08. The van der Waals surface area contributed by atoms with Crippen molar-refractivity contribution in [3.8, 4) is 6.07 Å². The molecule has 9 nitrogen and oxygen atoms in total. The largest absolute Gasteiger partial charge is 0.433 e. The van der Waals surface area contributed by atoms with E-state index in [4.69, 9.17) is 4.74 Å². The Morgan fingerprint density at radius 2 is 1.82 bits per heavy atom. The molecule has 2 bridgehead atoms. The van der Waals surface area contributed by atoms with Crippen LogP contribution in [0.25, 0.3) is 10.8 Å². The molecule has 1 N–H and O–H groups in total. The number of amides is 2. The maximum atomic E-state index is 13.9. The SMILES string of the molecule is CC12OC(CCn3cnc(C(F)(F)F)cc3=O)(CC1O)C1C(=O)N(c3ccc(C#N)c4ccccc34)C(=O)C12. The van der Waals surface area contributed by atoms with Crippen LogP contribution in [0.15, 0.2) is 53.6 Å². The zero-order valence-corrected chi connectivity index (χ0v) is 20.5. The third kappa shape index (κ3) is 3.46. The number of benzene rings is 2. The number of anilines is 1. The van der Waals surface area contributed by atoms with Crippen molar-refractivity contribution in [3.63, 3.8) is 0 Å². The molecule has 3 aliphatic heterocycles. The van der Waals surface area contributed by atoms with Crippen LogP contribution in [0.3, 0.4) is 0 Å². The molecule has 2 aromatic carbocycles. The molecule has 0 radical (unpaired) electrons. The molecule has 4 heterocycles. The highest BCUT2D eigenvalue weighted by atomic mass is 19.4. The van der Waals surface area contributed by atoms with Crippen LogP contribution in [-0.4, -0.2) is 43.8 Å².